The van der Waals surface area contributed by atoms with Crippen molar-refractivity contribution in [3.63, 3.8) is 0 Å². The fraction of sp³-hybridized carbons (Fsp3) is 0.650. The van der Waals surface area contributed by atoms with Gasteiger partial charge in [0.15, 0.2) is 0 Å². The summed E-state index contributed by atoms with van der Waals surface area (Å²) in [5.74, 6) is 1.75. The third kappa shape index (κ3) is 3.16. The molecule has 24 heavy (non-hydrogen) atoms. The quantitative estimate of drug-likeness (QED) is 0.855. The standard InChI is InChI=1S/C20H29NO3/c1-13-11-19(23-4)15(3)18-12-16(5-6-17(13)18)14(2)20(22)21-7-9-24-10-8-21/h11,14,16H,5-10,12H2,1-4H3/t14-,16+/m0/s1. The number of ether oxygens (including phenoxy) is 2. The van der Waals surface area contributed by atoms with Crippen LogP contribution in [0.2, 0.25) is 0 Å². The zero-order valence-corrected chi connectivity index (χ0v) is 15.4. The Balaban J connectivity index is 1.78. The van der Waals surface area contributed by atoms with Crippen LogP contribution < -0.4 is 4.74 Å². The lowest BCUT2D eigenvalue weighted by molar-refractivity contribution is -0.141. The van der Waals surface area contributed by atoms with E-state index in [1.165, 1.54) is 22.3 Å². The van der Waals surface area contributed by atoms with Crippen molar-refractivity contribution in [1.29, 1.82) is 0 Å². The van der Waals surface area contributed by atoms with Gasteiger partial charge in [-0.05, 0) is 67.3 Å². The number of fused-ring (bicyclic) bond motifs is 1. The third-order valence-electron chi connectivity index (χ3n) is 5.88. The molecule has 0 unspecified atom stereocenters. The van der Waals surface area contributed by atoms with Crippen LogP contribution in [0.3, 0.4) is 0 Å². The van der Waals surface area contributed by atoms with E-state index in [0.29, 0.717) is 25.0 Å². The third-order valence-corrected chi connectivity index (χ3v) is 5.88. The van der Waals surface area contributed by atoms with Crippen molar-refractivity contribution in [2.24, 2.45) is 11.8 Å². The van der Waals surface area contributed by atoms with Gasteiger partial charge in [-0.1, -0.05) is 6.92 Å². The first-order valence-electron chi connectivity index (χ1n) is 9.05. The Labute approximate surface area is 145 Å². The van der Waals surface area contributed by atoms with Crippen LogP contribution in [0.15, 0.2) is 6.07 Å². The zero-order valence-electron chi connectivity index (χ0n) is 15.4. The lowest BCUT2D eigenvalue weighted by Crippen LogP contribution is -2.45. The molecule has 0 N–H and O–H groups in total. The Bertz CT molecular complexity index is 620. The summed E-state index contributed by atoms with van der Waals surface area (Å²) in [6.07, 6.45) is 3.14. The summed E-state index contributed by atoms with van der Waals surface area (Å²) in [6.45, 7) is 9.23. The first-order chi connectivity index (χ1) is 11.5. The SMILES string of the molecule is COc1cc(C)c2c(c1C)C[C@H]([C@H](C)C(=O)N1CCOCC1)CC2. The number of amides is 1. The Morgan fingerprint density at radius 3 is 2.67 bits per heavy atom. The Kier molecular flexibility index (Phi) is 5.14. The van der Waals surface area contributed by atoms with Gasteiger partial charge in [-0.25, -0.2) is 0 Å². The van der Waals surface area contributed by atoms with E-state index in [9.17, 15) is 4.79 Å². The summed E-state index contributed by atoms with van der Waals surface area (Å²) in [5.41, 5.74) is 5.44. The van der Waals surface area contributed by atoms with E-state index in [0.717, 1.165) is 38.1 Å². The minimum absolute atomic E-state index is 0.0714. The molecular weight excluding hydrogens is 302 g/mol. The van der Waals surface area contributed by atoms with Crippen LogP contribution in [0.25, 0.3) is 0 Å². The van der Waals surface area contributed by atoms with E-state index in [-0.39, 0.29) is 5.92 Å². The number of rotatable bonds is 3. The number of hydrogen-bond acceptors (Lipinski definition) is 3. The molecular formula is C20H29NO3. The Morgan fingerprint density at radius 2 is 2.00 bits per heavy atom. The van der Waals surface area contributed by atoms with Crippen molar-refractivity contribution < 1.29 is 14.3 Å². The van der Waals surface area contributed by atoms with Crippen molar-refractivity contribution in [1.82, 2.24) is 4.90 Å². The fourth-order valence-electron chi connectivity index (χ4n) is 4.24. The molecule has 0 spiro atoms. The molecule has 1 saturated heterocycles. The zero-order chi connectivity index (χ0) is 17.3. The second-order valence-electron chi connectivity index (χ2n) is 7.21. The average Bonchev–Trinajstić information content (AvgIpc) is 2.63. The molecule has 1 aliphatic heterocycles. The van der Waals surface area contributed by atoms with Gasteiger partial charge in [-0.2, -0.15) is 0 Å². The minimum atomic E-state index is 0.0714. The molecule has 0 aromatic heterocycles. The van der Waals surface area contributed by atoms with Gasteiger partial charge < -0.3 is 14.4 Å². The number of aryl methyl sites for hydroxylation is 1. The van der Waals surface area contributed by atoms with E-state index in [4.69, 9.17) is 9.47 Å². The number of hydrogen-bond donors (Lipinski definition) is 0. The number of nitrogens with zero attached hydrogens (tertiary/aromatic N) is 1. The molecule has 4 heteroatoms. The summed E-state index contributed by atoms with van der Waals surface area (Å²) < 4.78 is 10.9. The maximum atomic E-state index is 12.8. The number of benzene rings is 1. The molecule has 3 rings (SSSR count). The second-order valence-corrected chi connectivity index (χ2v) is 7.21. The minimum Gasteiger partial charge on any atom is -0.496 e. The largest absolute Gasteiger partial charge is 0.496 e. The maximum Gasteiger partial charge on any atom is 0.225 e. The molecule has 4 nitrogen and oxygen atoms in total. The molecule has 0 saturated carbocycles. The van der Waals surface area contributed by atoms with Crippen LogP contribution in [-0.2, 0) is 22.4 Å². The van der Waals surface area contributed by atoms with Crippen molar-refractivity contribution >= 4 is 5.91 Å². The highest BCUT2D eigenvalue weighted by molar-refractivity contribution is 5.79. The predicted molar refractivity (Wildman–Crippen MR) is 94.5 cm³/mol. The molecule has 1 aliphatic carbocycles. The topological polar surface area (TPSA) is 38.8 Å². The highest BCUT2D eigenvalue weighted by Crippen LogP contribution is 2.37. The van der Waals surface area contributed by atoms with E-state index in [1.807, 2.05) is 4.90 Å². The normalized spacial score (nSPS) is 22.0. The average molecular weight is 331 g/mol. The summed E-state index contributed by atoms with van der Waals surface area (Å²) in [7, 11) is 1.74. The second kappa shape index (κ2) is 7.14. The van der Waals surface area contributed by atoms with Gasteiger partial charge in [0.05, 0.1) is 20.3 Å². The predicted octanol–water partition coefficient (Wildman–Crippen LogP) is 2.91. The van der Waals surface area contributed by atoms with Crippen LogP contribution in [-0.4, -0.2) is 44.2 Å². The fourth-order valence-corrected chi connectivity index (χ4v) is 4.24. The van der Waals surface area contributed by atoms with E-state index in [2.05, 4.69) is 26.8 Å². The Morgan fingerprint density at radius 1 is 1.29 bits per heavy atom. The molecule has 1 amide bonds. The van der Waals surface area contributed by atoms with Crippen molar-refractivity contribution in [3.05, 3.63) is 28.3 Å². The van der Waals surface area contributed by atoms with Crippen LogP contribution in [0.4, 0.5) is 0 Å². The number of morpholine rings is 1. The van der Waals surface area contributed by atoms with Crippen molar-refractivity contribution in [2.45, 2.75) is 40.0 Å². The lowest BCUT2D eigenvalue weighted by atomic mass is 9.74. The van der Waals surface area contributed by atoms with Gasteiger partial charge in [-0.3, -0.25) is 4.79 Å². The van der Waals surface area contributed by atoms with Crippen LogP contribution in [0.5, 0.6) is 5.75 Å². The highest BCUT2D eigenvalue weighted by atomic mass is 16.5. The number of methoxy groups -OCH3 is 1. The number of carbonyl (C=O) groups is 1. The Hall–Kier alpha value is -1.55. The summed E-state index contributed by atoms with van der Waals surface area (Å²) in [6, 6.07) is 2.15. The van der Waals surface area contributed by atoms with Gasteiger partial charge in [0.2, 0.25) is 5.91 Å². The smallest absolute Gasteiger partial charge is 0.225 e. The first kappa shape index (κ1) is 17.3. The van der Waals surface area contributed by atoms with Gasteiger partial charge in [-0.15, -0.1) is 0 Å². The highest BCUT2D eigenvalue weighted by Gasteiger charge is 2.32. The monoisotopic (exact) mass is 331 g/mol. The lowest BCUT2D eigenvalue weighted by Gasteiger charge is -2.35. The summed E-state index contributed by atoms with van der Waals surface area (Å²) in [5, 5.41) is 0. The number of carbonyl (C=O) groups excluding carboxylic acids is 1. The van der Waals surface area contributed by atoms with Crippen LogP contribution in [0.1, 0.15) is 35.6 Å². The van der Waals surface area contributed by atoms with Crippen LogP contribution >= 0.6 is 0 Å². The van der Waals surface area contributed by atoms with E-state index >= 15 is 0 Å². The molecule has 2 aliphatic rings. The molecule has 1 heterocycles. The van der Waals surface area contributed by atoms with Crippen molar-refractivity contribution in [2.75, 3.05) is 33.4 Å². The molecule has 132 valence electrons. The van der Waals surface area contributed by atoms with E-state index < -0.39 is 0 Å². The molecule has 0 bridgehead atoms. The first-order valence-corrected chi connectivity index (χ1v) is 9.05. The van der Waals surface area contributed by atoms with E-state index in [1.54, 1.807) is 7.11 Å². The molecule has 2 atom stereocenters. The molecule has 1 aromatic carbocycles. The van der Waals surface area contributed by atoms with Gasteiger partial charge in [0, 0.05) is 19.0 Å². The van der Waals surface area contributed by atoms with Gasteiger partial charge in [0.25, 0.3) is 0 Å². The van der Waals surface area contributed by atoms with Crippen LogP contribution in [0, 0.1) is 25.7 Å². The molecule has 0 radical (unpaired) electrons. The summed E-state index contributed by atoms with van der Waals surface area (Å²) in [4.78, 5) is 14.8. The van der Waals surface area contributed by atoms with Crippen molar-refractivity contribution in [3.8, 4) is 5.75 Å². The summed E-state index contributed by atoms with van der Waals surface area (Å²) >= 11 is 0. The van der Waals surface area contributed by atoms with Gasteiger partial charge in [0.1, 0.15) is 5.75 Å². The molecule has 1 aromatic rings. The van der Waals surface area contributed by atoms with Gasteiger partial charge >= 0.3 is 0 Å². The maximum absolute atomic E-state index is 12.8. The molecule has 1 fully saturated rings.